The number of aliphatic imine (C=N–C) groups is 1. The van der Waals surface area contributed by atoms with E-state index >= 15 is 0 Å². The van der Waals surface area contributed by atoms with Gasteiger partial charge in [0.1, 0.15) is 0 Å². The normalized spacial score (nSPS) is 10.9. The van der Waals surface area contributed by atoms with Crippen molar-refractivity contribution in [3.05, 3.63) is 131 Å². The third kappa shape index (κ3) is 6.16. The standard InChI is InChI=1S/C31H25N4/c1-2-3-29-18-30(12-13-31(29)22-34-21-26-8-4-24(19-32)5-9-26)28-14-16-35(17-15-28)23-27-10-6-25(20-33)7-11-27/h2-18,22H,21,23H2,1H3/q+1/b3-2-,34-22+. The van der Waals surface area contributed by atoms with Gasteiger partial charge in [0.2, 0.25) is 0 Å². The van der Waals surface area contributed by atoms with Crippen LogP contribution in [0, 0.1) is 22.7 Å². The molecule has 0 aliphatic rings. The van der Waals surface area contributed by atoms with Crippen LogP contribution >= 0.6 is 0 Å². The third-order valence-corrected chi connectivity index (χ3v) is 5.69. The summed E-state index contributed by atoms with van der Waals surface area (Å²) in [7, 11) is 0. The summed E-state index contributed by atoms with van der Waals surface area (Å²) in [4.78, 5) is 4.61. The van der Waals surface area contributed by atoms with Crippen molar-refractivity contribution in [2.24, 2.45) is 4.99 Å². The Bertz CT molecular complexity index is 1430. The molecule has 0 unspecified atom stereocenters. The van der Waals surface area contributed by atoms with Gasteiger partial charge in [0.25, 0.3) is 0 Å². The number of nitriles is 2. The highest BCUT2D eigenvalue weighted by Crippen LogP contribution is 2.22. The van der Waals surface area contributed by atoms with E-state index in [1.165, 1.54) is 0 Å². The van der Waals surface area contributed by atoms with Crippen molar-refractivity contribution in [3.8, 4) is 23.3 Å². The monoisotopic (exact) mass is 453 g/mol. The highest BCUT2D eigenvalue weighted by molar-refractivity contribution is 5.87. The van der Waals surface area contributed by atoms with Crippen molar-refractivity contribution in [2.75, 3.05) is 0 Å². The summed E-state index contributed by atoms with van der Waals surface area (Å²) in [6.45, 7) is 3.34. The Balaban J connectivity index is 1.48. The summed E-state index contributed by atoms with van der Waals surface area (Å²) in [6, 6.07) is 30.1. The van der Waals surface area contributed by atoms with Crippen molar-refractivity contribution < 1.29 is 4.57 Å². The van der Waals surface area contributed by atoms with Crippen LogP contribution in [-0.4, -0.2) is 6.21 Å². The van der Waals surface area contributed by atoms with Gasteiger partial charge in [-0.05, 0) is 65.1 Å². The fraction of sp³-hybridized carbons (Fsp3) is 0.0968. The Hall–Kier alpha value is -4.80. The molecular weight excluding hydrogens is 428 g/mol. The van der Waals surface area contributed by atoms with E-state index in [9.17, 15) is 0 Å². The van der Waals surface area contributed by atoms with Crippen molar-refractivity contribution in [3.63, 3.8) is 0 Å². The van der Waals surface area contributed by atoms with Crippen LogP contribution in [-0.2, 0) is 13.1 Å². The summed E-state index contributed by atoms with van der Waals surface area (Å²) in [5.41, 5.74) is 8.03. The number of pyridine rings is 1. The van der Waals surface area contributed by atoms with Crippen LogP contribution < -0.4 is 4.57 Å². The largest absolute Gasteiger partial charge is 0.288 e. The SMILES string of the molecule is C/C=C\c1cc(-c2cc[n+](Cc3ccc(C#N)cc3)cc2)ccc1/C=N/Cc1ccc(C#N)cc1. The Morgan fingerprint density at radius 1 is 0.743 bits per heavy atom. The molecule has 0 aliphatic heterocycles. The van der Waals surface area contributed by atoms with Gasteiger partial charge in [-0.15, -0.1) is 0 Å². The molecule has 1 heterocycles. The number of rotatable bonds is 7. The number of hydrogen-bond donors (Lipinski definition) is 0. The van der Waals surface area contributed by atoms with Crippen molar-refractivity contribution in [2.45, 2.75) is 20.0 Å². The minimum atomic E-state index is 0.570. The lowest BCUT2D eigenvalue weighted by molar-refractivity contribution is -0.688. The molecule has 3 aromatic carbocycles. The van der Waals surface area contributed by atoms with Crippen LogP contribution in [0.15, 0.2) is 102 Å². The van der Waals surface area contributed by atoms with Gasteiger partial charge in [0.15, 0.2) is 18.9 Å². The lowest BCUT2D eigenvalue weighted by Crippen LogP contribution is -2.32. The zero-order chi connectivity index (χ0) is 24.5. The summed E-state index contributed by atoms with van der Waals surface area (Å²) >= 11 is 0. The van der Waals surface area contributed by atoms with Gasteiger partial charge in [0, 0.05) is 23.9 Å². The summed E-state index contributed by atoms with van der Waals surface area (Å²) < 4.78 is 2.13. The second-order valence-corrected chi connectivity index (χ2v) is 8.19. The molecule has 0 saturated carbocycles. The minimum absolute atomic E-state index is 0.570. The average Bonchev–Trinajstić information content (AvgIpc) is 2.91. The smallest absolute Gasteiger partial charge is 0.173 e. The molecule has 1 aromatic heterocycles. The van der Waals surface area contributed by atoms with Gasteiger partial charge in [-0.1, -0.05) is 48.6 Å². The first kappa shape index (κ1) is 23.4. The molecule has 0 aliphatic carbocycles. The zero-order valence-electron chi connectivity index (χ0n) is 19.6. The number of allylic oxidation sites excluding steroid dienone is 1. The average molecular weight is 454 g/mol. The van der Waals surface area contributed by atoms with Gasteiger partial charge in [-0.25, -0.2) is 4.57 Å². The first-order chi connectivity index (χ1) is 17.2. The zero-order valence-corrected chi connectivity index (χ0v) is 19.6. The van der Waals surface area contributed by atoms with Gasteiger partial charge < -0.3 is 0 Å². The topological polar surface area (TPSA) is 63.8 Å². The van der Waals surface area contributed by atoms with E-state index in [-0.39, 0.29) is 0 Å². The Morgan fingerprint density at radius 3 is 1.97 bits per heavy atom. The molecule has 0 saturated heterocycles. The summed E-state index contributed by atoms with van der Waals surface area (Å²) in [5.74, 6) is 0. The van der Waals surface area contributed by atoms with Crippen LogP contribution in [0.1, 0.15) is 40.3 Å². The predicted molar refractivity (Wildman–Crippen MR) is 139 cm³/mol. The molecule has 35 heavy (non-hydrogen) atoms. The van der Waals surface area contributed by atoms with Crippen LogP contribution in [0.2, 0.25) is 0 Å². The Morgan fingerprint density at radius 2 is 1.37 bits per heavy atom. The Labute approximate surface area is 206 Å². The highest BCUT2D eigenvalue weighted by Gasteiger charge is 2.07. The van der Waals surface area contributed by atoms with Gasteiger partial charge >= 0.3 is 0 Å². The van der Waals surface area contributed by atoms with Crippen LogP contribution in [0.3, 0.4) is 0 Å². The maximum atomic E-state index is 8.96. The van der Waals surface area contributed by atoms with Crippen molar-refractivity contribution >= 4 is 12.3 Å². The van der Waals surface area contributed by atoms with Gasteiger partial charge in [-0.3, -0.25) is 4.99 Å². The molecule has 168 valence electrons. The Kier molecular flexibility index (Phi) is 7.59. The molecule has 4 heteroatoms. The minimum Gasteiger partial charge on any atom is -0.288 e. The maximum Gasteiger partial charge on any atom is 0.173 e. The lowest BCUT2D eigenvalue weighted by Gasteiger charge is -2.07. The molecule has 0 radical (unpaired) electrons. The molecule has 0 N–H and O–H groups in total. The van der Waals surface area contributed by atoms with Crippen molar-refractivity contribution in [1.82, 2.24) is 0 Å². The number of aromatic nitrogens is 1. The van der Waals surface area contributed by atoms with E-state index in [0.717, 1.165) is 39.9 Å². The van der Waals surface area contributed by atoms with E-state index in [4.69, 9.17) is 10.5 Å². The fourth-order valence-corrected chi connectivity index (χ4v) is 3.78. The van der Waals surface area contributed by atoms with Gasteiger partial charge in [-0.2, -0.15) is 10.5 Å². The molecule has 0 bridgehead atoms. The first-order valence-corrected chi connectivity index (χ1v) is 11.4. The first-order valence-electron chi connectivity index (χ1n) is 11.4. The lowest BCUT2D eigenvalue weighted by atomic mass is 9.99. The third-order valence-electron chi connectivity index (χ3n) is 5.69. The van der Waals surface area contributed by atoms with E-state index < -0.39 is 0 Å². The number of hydrogen-bond acceptors (Lipinski definition) is 3. The molecular formula is C31H25N4+. The molecule has 4 nitrogen and oxygen atoms in total. The molecule has 0 atom stereocenters. The van der Waals surface area contributed by atoms with Crippen molar-refractivity contribution in [1.29, 1.82) is 10.5 Å². The molecule has 4 rings (SSSR count). The molecule has 0 amide bonds. The number of benzene rings is 3. The highest BCUT2D eigenvalue weighted by atomic mass is 14.9. The number of nitrogens with zero attached hydrogens (tertiary/aromatic N) is 4. The quantitative estimate of drug-likeness (QED) is 0.251. The molecule has 4 aromatic rings. The maximum absolute atomic E-state index is 8.96. The second-order valence-electron chi connectivity index (χ2n) is 8.19. The summed E-state index contributed by atoms with van der Waals surface area (Å²) in [5, 5.41) is 17.9. The van der Waals surface area contributed by atoms with E-state index in [2.05, 4.69) is 70.5 Å². The summed E-state index contributed by atoms with van der Waals surface area (Å²) in [6.07, 6.45) is 10.2. The van der Waals surface area contributed by atoms with E-state index in [0.29, 0.717) is 17.7 Å². The molecule has 0 spiro atoms. The van der Waals surface area contributed by atoms with Crippen LogP contribution in [0.25, 0.3) is 17.2 Å². The van der Waals surface area contributed by atoms with Gasteiger partial charge in [0.05, 0.1) is 29.8 Å². The van der Waals surface area contributed by atoms with E-state index in [1.807, 2.05) is 67.7 Å². The second kappa shape index (κ2) is 11.4. The fourth-order valence-electron chi connectivity index (χ4n) is 3.78. The van der Waals surface area contributed by atoms with Crippen LogP contribution in [0.4, 0.5) is 0 Å². The predicted octanol–water partition coefficient (Wildman–Crippen LogP) is 6.08. The van der Waals surface area contributed by atoms with E-state index in [1.54, 1.807) is 0 Å². The van der Waals surface area contributed by atoms with Crippen LogP contribution in [0.5, 0.6) is 0 Å². The molecule has 0 fully saturated rings.